The van der Waals surface area contributed by atoms with Gasteiger partial charge in [0.1, 0.15) is 19.8 Å². The number of carbonyl (C=O) groups is 2. The Labute approximate surface area is 288 Å². The Morgan fingerprint density at radius 2 is 1.09 bits per heavy atom. The molecule has 9 nitrogen and oxygen atoms in total. The molecule has 1 N–H and O–H groups in total. The number of unbranched alkanes of at least 4 members (excludes halogenated alkanes) is 18. The van der Waals surface area contributed by atoms with Gasteiger partial charge in [-0.05, 0) is 38.5 Å². The van der Waals surface area contributed by atoms with Gasteiger partial charge in [-0.3, -0.25) is 18.6 Å². The minimum absolute atomic E-state index is 0.0326. The van der Waals surface area contributed by atoms with Crippen molar-refractivity contribution in [1.82, 2.24) is 0 Å². The number of phosphoric acid groups is 1. The second kappa shape index (κ2) is 30.8. The van der Waals surface area contributed by atoms with Crippen LogP contribution in [0.15, 0.2) is 12.2 Å². The van der Waals surface area contributed by atoms with Crippen molar-refractivity contribution in [3.8, 4) is 0 Å². The Balaban J connectivity index is 4.44. The summed E-state index contributed by atoms with van der Waals surface area (Å²) < 4.78 is 34.1. The molecule has 0 bridgehead atoms. The van der Waals surface area contributed by atoms with Crippen molar-refractivity contribution in [3.63, 3.8) is 0 Å². The molecule has 1 unspecified atom stereocenters. The fourth-order valence-corrected chi connectivity index (χ4v) is 5.75. The van der Waals surface area contributed by atoms with E-state index < -0.39 is 26.5 Å². The van der Waals surface area contributed by atoms with Crippen molar-refractivity contribution < 1.29 is 42.1 Å². The van der Waals surface area contributed by atoms with Crippen LogP contribution in [0.1, 0.15) is 162 Å². The number of rotatable bonds is 34. The van der Waals surface area contributed by atoms with E-state index in [9.17, 15) is 19.0 Å². The van der Waals surface area contributed by atoms with E-state index in [1.807, 2.05) is 21.1 Å². The molecule has 0 rings (SSSR count). The number of nitrogens with zero attached hydrogens (tertiary/aromatic N) is 1. The molecule has 0 amide bonds. The van der Waals surface area contributed by atoms with Gasteiger partial charge in [-0.1, -0.05) is 122 Å². The van der Waals surface area contributed by atoms with Crippen LogP contribution in [0, 0.1) is 0 Å². The van der Waals surface area contributed by atoms with Crippen LogP contribution in [0.3, 0.4) is 0 Å². The highest BCUT2D eigenvalue weighted by Gasteiger charge is 2.27. The van der Waals surface area contributed by atoms with Crippen LogP contribution in [0.25, 0.3) is 0 Å². The second-order valence-electron chi connectivity index (χ2n) is 14.0. The van der Waals surface area contributed by atoms with Gasteiger partial charge in [0.15, 0.2) is 6.10 Å². The first-order valence-electron chi connectivity index (χ1n) is 18.9. The Bertz CT molecular complexity index is 830. The molecular formula is C37H73NO8P+. The maximum absolute atomic E-state index is 12.6. The van der Waals surface area contributed by atoms with E-state index in [2.05, 4.69) is 26.0 Å². The summed E-state index contributed by atoms with van der Waals surface area (Å²) in [5.41, 5.74) is 0. The van der Waals surface area contributed by atoms with E-state index in [0.29, 0.717) is 23.9 Å². The second-order valence-corrected chi connectivity index (χ2v) is 15.4. The van der Waals surface area contributed by atoms with Gasteiger partial charge in [0.05, 0.1) is 27.7 Å². The van der Waals surface area contributed by atoms with Crippen LogP contribution >= 0.6 is 7.82 Å². The summed E-state index contributed by atoms with van der Waals surface area (Å²) in [4.78, 5) is 35.1. The van der Waals surface area contributed by atoms with Gasteiger partial charge in [0.2, 0.25) is 0 Å². The van der Waals surface area contributed by atoms with E-state index in [-0.39, 0.29) is 25.6 Å². The number of quaternary nitrogens is 1. The van der Waals surface area contributed by atoms with Gasteiger partial charge in [0, 0.05) is 12.8 Å². The quantitative estimate of drug-likeness (QED) is 0.0234. The molecule has 2 atom stereocenters. The number of hydrogen-bond donors (Lipinski definition) is 1. The van der Waals surface area contributed by atoms with Gasteiger partial charge in [0.25, 0.3) is 0 Å². The summed E-state index contributed by atoms with van der Waals surface area (Å²) in [5, 5.41) is 0. The number of ether oxygens (including phenoxy) is 2. The highest BCUT2D eigenvalue weighted by Crippen LogP contribution is 2.43. The zero-order chi connectivity index (χ0) is 35.1. The van der Waals surface area contributed by atoms with Gasteiger partial charge >= 0.3 is 19.8 Å². The SMILES string of the molecule is CCCCCCC/C=C/CCCCCCCC(=O)O[C@H](COC(=O)CCCCCCCCCCC)COP(=O)(O)OCC[N+](C)(C)C. The summed E-state index contributed by atoms with van der Waals surface area (Å²) in [7, 11) is 1.47. The lowest BCUT2D eigenvalue weighted by Crippen LogP contribution is -2.37. The van der Waals surface area contributed by atoms with E-state index in [1.165, 1.54) is 77.0 Å². The molecule has 0 aliphatic carbocycles. The number of esters is 2. The topological polar surface area (TPSA) is 108 Å². The van der Waals surface area contributed by atoms with Crippen molar-refractivity contribution in [3.05, 3.63) is 12.2 Å². The molecule has 0 aliphatic rings. The molecule has 278 valence electrons. The van der Waals surface area contributed by atoms with Gasteiger partial charge in [-0.25, -0.2) is 4.57 Å². The molecule has 0 radical (unpaired) electrons. The molecule has 0 aromatic rings. The van der Waals surface area contributed by atoms with E-state index in [0.717, 1.165) is 51.4 Å². The summed E-state index contributed by atoms with van der Waals surface area (Å²) in [5.74, 6) is -0.809. The molecule has 0 fully saturated rings. The van der Waals surface area contributed by atoms with Gasteiger partial charge in [-0.15, -0.1) is 0 Å². The number of allylic oxidation sites excluding steroid dienone is 2. The smallest absolute Gasteiger partial charge is 0.462 e. The molecule has 10 heteroatoms. The molecule has 0 heterocycles. The first-order valence-corrected chi connectivity index (χ1v) is 20.4. The molecule has 0 spiro atoms. The fraction of sp³-hybridized carbons (Fsp3) is 0.892. The first kappa shape index (κ1) is 45.8. The molecule has 0 saturated heterocycles. The van der Waals surface area contributed by atoms with Crippen LogP contribution in [0.5, 0.6) is 0 Å². The molecular weight excluding hydrogens is 617 g/mol. The Hall–Kier alpha value is -1.25. The fourth-order valence-electron chi connectivity index (χ4n) is 5.01. The van der Waals surface area contributed by atoms with Gasteiger partial charge < -0.3 is 18.9 Å². The minimum atomic E-state index is -4.36. The normalized spacial score (nSPS) is 13.9. The average Bonchev–Trinajstić information content (AvgIpc) is 3.01. The lowest BCUT2D eigenvalue weighted by Gasteiger charge is -2.24. The van der Waals surface area contributed by atoms with E-state index >= 15 is 0 Å². The number of likely N-dealkylation sites (N-methyl/N-ethyl adjacent to an activating group) is 1. The summed E-state index contributed by atoms with van der Waals surface area (Å²) in [6.45, 7) is 4.37. The van der Waals surface area contributed by atoms with Crippen LogP contribution in [-0.4, -0.2) is 74.9 Å². The maximum Gasteiger partial charge on any atom is 0.472 e. The monoisotopic (exact) mass is 691 g/mol. The van der Waals surface area contributed by atoms with Crippen molar-refractivity contribution in [2.24, 2.45) is 0 Å². The number of carbonyl (C=O) groups excluding carboxylic acids is 2. The van der Waals surface area contributed by atoms with Crippen LogP contribution in [0.2, 0.25) is 0 Å². The average molecular weight is 691 g/mol. The first-order chi connectivity index (χ1) is 22.5. The predicted octanol–water partition coefficient (Wildman–Crippen LogP) is 9.85. The lowest BCUT2D eigenvalue weighted by molar-refractivity contribution is -0.870. The third kappa shape index (κ3) is 34.4. The highest BCUT2D eigenvalue weighted by molar-refractivity contribution is 7.47. The molecule has 0 aromatic carbocycles. The van der Waals surface area contributed by atoms with E-state index in [4.69, 9.17) is 18.5 Å². The summed E-state index contributed by atoms with van der Waals surface area (Å²) >= 11 is 0. The number of hydrogen-bond acceptors (Lipinski definition) is 7. The predicted molar refractivity (Wildman–Crippen MR) is 192 cm³/mol. The van der Waals surface area contributed by atoms with E-state index in [1.54, 1.807) is 0 Å². The third-order valence-corrected chi connectivity index (χ3v) is 9.03. The summed E-state index contributed by atoms with van der Waals surface area (Å²) in [6.07, 6.45) is 28.3. The number of phosphoric ester groups is 1. The Morgan fingerprint density at radius 3 is 1.57 bits per heavy atom. The Kier molecular flexibility index (Phi) is 30.0. The Morgan fingerprint density at radius 1 is 0.638 bits per heavy atom. The lowest BCUT2D eigenvalue weighted by atomic mass is 10.1. The van der Waals surface area contributed by atoms with Crippen molar-refractivity contribution in [2.75, 3.05) is 47.5 Å². The van der Waals surface area contributed by atoms with Crippen molar-refractivity contribution >= 4 is 19.8 Å². The maximum atomic E-state index is 12.6. The molecule has 0 saturated carbocycles. The van der Waals surface area contributed by atoms with Crippen LogP contribution in [-0.2, 0) is 32.7 Å². The largest absolute Gasteiger partial charge is 0.472 e. The highest BCUT2D eigenvalue weighted by atomic mass is 31.2. The standard InChI is InChI=1S/C37H72NO8P/c1-6-8-10-12-14-16-17-18-19-20-22-24-26-28-30-37(40)46-35(34-45-47(41,42)44-32-31-38(3,4)5)33-43-36(39)29-27-25-23-21-15-13-11-9-7-2/h17-18,35H,6-16,19-34H2,1-5H3/p+1/b18-17+/t35-/m1/s1. The van der Waals surface area contributed by atoms with Crippen molar-refractivity contribution in [1.29, 1.82) is 0 Å². The third-order valence-electron chi connectivity index (χ3n) is 8.05. The zero-order valence-corrected chi connectivity index (χ0v) is 31.9. The minimum Gasteiger partial charge on any atom is -0.462 e. The van der Waals surface area contributed by atoms with Gasteiger partial charge in [-0.2, -0.15) is 0 Å². The van der Waals surface area contributed by atoms with Crippen molar-refractivity contribution in [2.45, 2.75) is 168 Å². The molecule has 0 aliphatic heterocycles. The van der Waals surface area contributed by atoms with Crippen LogP contribution < -0.4 is 0 Å². The molecule has 47 heavy (non-hydrogen) atoms. The summed E-state index contributed by atoms with van der Waals surface area (Å²) in [6, 6.07) is 0. The van der Waals surface area contributed by atoms with Crippen LogP contribution in [0.4, 0.5) is 0 Å². The zero-order valence-electron chi connectivity index (χ0n) is 31.0. The molecule has 0 aromatic heterocycles.